The number of esters is 1. The van der Waals surface area contributed by atoms with Crippen molar-refractivity contribution in [3.63, 3.8) is 0 Å². The molecule has 1 aromatic heterocycles. The van der Waals surface area contributed by atoms with Gasteiger partial charge in [0.15, 0.2) is 0 Å². The van der Waals surface area contributed by atoms with Crippen LogP contribution in [0.1, 0.15) is 47.1 Å². The first-order valence-electron chi connectivity index (χ1n) is 10.4. The van der Waals surface area contributed by atoms with Gasteiger partial charge >= 0.3 is 5.97 Å². The van der Waals surface area contributed by atoms with E-state index in [2.05, 4.69) is 10.3 Å². The van der Waals surface area contributed by atoms with Gasteiger partial charge in [0, 0.05) is 30.2 Å². The molecule has 3 rings (SSSR count). The molecule has 32 heavy (non-hydrogen) atoms. The average molecular weight is 459 g/mol. The van der Waals surface area contributed by atoms with Crippen molar-refractivity contribution < 1.29 is 22.7 Å². The molecule has 0 unspecified atom stereocenters. The molecule has 1 saturated heterocycles. The number of hydrogen-bond donors (Lipinski definition) is 2. The number of aryl methyl sites for hydroxylation is 2. The minimum atomic E-state index is -4.04. The number of amides is 1. The normalized spacial score (nSPS) is 16.9. The van der Waals surface area contributed by atoms with E-state index in [9.17, 15) is 18.0 Å². The molecule has 0 aliphatic carbocycles. The van der Waals surface area contributed by atoms with Gasteiger partial charge in [-0.2, -0.15) is 9.57 Å². The summed E-state index contributed by atoms with van der Waals surface area (Å²) in [6.45, 7) is 5.25. The molecule has 2 N–H and O–H groups in total. The number of anilines is 1. The minimum absolute atomic E-state index is 0.00194. The van der Waals surface area contributed by atoms with Crippen LogP contribution in [-0.2, 0) is 19.6 Å². The lowest BCUT2D eigenvalue weighted by atomic mass is 9.98. The molecule has 1 atom stereocenters. The molecule has 2 heterocycles. The summed E-state index contributed by atoms with van der Waals surface area (Å²) in [5, 5.41) is 11.8. The summed E-state index contributed by atoms with van der Waals surface area (Å²) in [5.41, 5.74) is 1.68. The van der Waals surface area contributed by atoms with Crippen molar-refractivity contribution in [3.8, 4) is 6.07 Å². The number of rotatable bonds is 6. The van der Waals surface area contributed by atoms with E-state index in [4.69, 9.17) is 10.00 Å². The van der Waals surface area contributed by atoms with Crippen LogP contribution < -0.4 is 5.32 Å². The first-order valence-corrected chi connectivity index (χ1v) is 11.8. The molecule has 9 nitrogen and oxygen atoms in total. The third-order valence-electron chi connectivity index (χ3n) is 5.41. The predicted molar refractivity (Wildman–Crippen MR) is 117 cm³/mol. The van der Waals surface area contributed by atoms with Crippen molar-refractivity contribution in [1.82, 2.24) is 9.29 Å². The molecular formula is C22H26N4O5S. The lowest BCUT2D eigenvalue weighted by Crippen LogP contribution is -2.44. The van der Waals surface area contributed by atoms with E-state index in [-0.39, 0.29) is 36.1 Å². The van der Waals surface area contributed by atoms with Gasteiger partial charge in [0.1, 0.15) is 10.5 Å². The molecule has 0 saturated carbocycles. The van der Waals surface area contributed by atoms with Crippen LogP contribution in [0.4, 0.5) is 5.69 Å². The third kappa shape index (κ3) is 4.69. The second-order valence-corrected chi connectivity index (χ2v) is 9.56. The zero-order chi connectivity index (χ0) is 23.5. The zero-order valence-electron chi connectivity index (χ0n) is 18.3. The van der Waals surface area contributed by atoms with E-state index < -0.39 is 21.9 Å². The quantitative estimate of drug-likeness (QED) is 0.640. The zero-order valence-corrected chi connectivity index (χ0v) is 19.1. The number of carbonyl (C=O) groups excluding carboxylic acids is 2. The molecule has 1 aliphatic rings. The number of nitrogens with zero attached hydrogens (tertiary/aromatic N) is 2. The maximum Gasteiger partial charge on any atom is 0.341 e. The van der Waals surface area contributed by atoms with Crippen molar-refractivity contribution in [3.05, 3.63) is 46.8 Å². The number of nitriles is 1. The highest BCUT2D eigenvalue weighted by molar-refractivity contribution is 7.89. The Labute approximate surface area is 187 Å². The molecule has 1 amide bonds. The topological polar surface area (TPSA) is 132 Å². The maximum atomic E-state index is 13.5. The van der Waals surface area contributed by atoms with Crippen LogP contribution >= 0.6 is 0 Å². The highest BCUT2D eigenvalue weighted by atomic mass is 32.2. The van der Waals surface area contributed by atoms with Crippen LogP contribution in [-0.4, -0.2) is 49.3 Å². The lowest BCUT2D eigenvalue weighted by Gasteiger charge is -2.31. The van der Waals surface area contributed by atoms with Gasteiger partial charge in [0.25, 0.3) is 0 Å². The van der Waals surface area contributed by atoms with Crippen molar-refractivity contribution in [2.24, 2.45) is 5.92 Å². The molecule has 0 spiro atoms. The minimum Gasteiger partial charge on any atom is -0.462 e. The first-order chi connectivity index (χ1) is 15.2. The molecular weight excluding hydrogens is 432 g/mol. The van der Waals surface area contributed by atoms with Gasteiger partial charge in [-0.3, -0.25) is 4.79 Å². The summed E-state index contributed by atoms with van der Waals surface area (Å²) in [7, 11) is -4.04. The Bertz CT molecular complexity index is 1180. The molecule has 1 fully saturated rings. The largest absolute Gasteiger partial charge is 0.462 e. The van der Waals surface area contributed by atoms with Crippen LogP contribution in [0, 0.1) is 31.1 Å². The monoisotopic (exact) mass is 458 g/mol. The highest BCUT2D eigenvalue weighted by Crippen LogP contribution is 2.31. The fourth-order valence-electron chi connectivity index (χ4n) is 3.94. The fraction of sp³-hybridized carbons (Fsp3) is 0.409. The van der Waals surface area contributed by atoms with E-state index in [0.717, 1.165) is 0 Å². The summed E-state index contributed by atoms with van der Waals surface area (Å²) in [5.74, 6) is -1.57. The summed E-state index contributed by atoms with van der Waals surface area (Å²) in [6, 6.07) is 8.55. The molecule has 2 aromatic rings. The molecule has 0 bridgehead atoms. The lowest BCUT2D eigenvalue weighted by molar-refractivity contribution is -0.120. The first kappa shape index (κ1) is 23.5. The number of piperidine rings is 1. The number of H-pyrrole nitrogens is 1. The summed E-state index contributed by atoms with van der Waals surface area (Å²) in [4.78, 5) is 28.1. The van der Waals surface area contributed by atoms with Crippen LogP contribution in [0.25, 0.3) is 0 Å². The standard InChI is InChI=1S/C22H26N4O5S/c1-4-31-22(28)19-14(2)24-15(3)20(19)32(29,30)26-10-6-8-17(13-26)21(27)25-18-9-5-7-16(11-18)12-23/h5,7,9,11,17,24H,4,6,8,10,13H2,1-3H3,(H,25,27)/t17-/m0/s1. The van der Waals surface area contributed by atoms with Crippen molar-refractivity contribution >= 4 is 27.6 Å². The Kier molecular flexibility index (Phi) is 7.01. The van der Waals surface area contributed by atoms with Crippen LogP contribution in [0.15, 0.2) is 29.2 Å². The average Bonchev–Trinajstić information content (AvgIpc) is 3.08. The number of benzene rings is 1. The fourth-order valence-corrected chi connectivity index (χ4v) is 5.88. The van der Waals surface area contributed by atoms with Gasteiger partial charge in [-0.25, -0.2) is 13.2 Å². The van der Waals surface area contributed by atoms with Crippen LogP contribution in [0.2, 0.25) is 0 Å². The molecule has 170 valence electrons. The Hall–Kier alpha value is -3.16. The van der Waals surface area contributed by atoms with Crippen LogP contribution in [0.5, 0.6) is 0 Å². The Morgan fingerprint density at radius 1 is 1.31 bits per heavy atom. The number of nitrogens with one attached hydrogen (secondary N) is 2. The Morgan fingerprint density at radius 3 is 2.75 bits per heavy atom. The van der Waals surface area contributed by atoms with Gasteiger partial charge in [-0.1, -0.05) is 6.07 Å². The Balaban J connectivity index is 1.84. The van der Waals surface area contributed by atoms with E-state index in [1.807, 2.05) is 6.07 Å². The molecule has 0 radical (unpaired) electrons. The van der Waals surface area contributed by atoms with E-state index in [1.54, 1.807) is 45.0 Å². The number of sulfonamides is 1. The second-order valence-electron chi connectivity index (χ2n) is 7.68. The summed E-state index contributed by atoms with van der Waals surface area (Å²) in [6.07, 6.45) is 1.04. The van der Waals surface area contributed by atoms with Crippen molar-refractivity contribution in [2.75, 3.05) is 25.0 Å². The highest BCUT2D eigenvalue weighted by Gasteiger charge is 2.38. The number of hydrogen-bond acceptors (Lipinski definition) is 6. The van der Waals surface area contributed by atoms with Gasteiger partial charge in [0.2, 0.25) is 15.9 Å². The maximum absolute atomic E-state index is 13.5. The van der Waals surface area contributed by atoms with Gasteiger partial charge in [-0.05, 0) is 51.8 Å². The summed E-state index contributed by atoms with van der Waals surface area (Å²) < 4.78 is 33.3. The summed E-state index contributed by atoms with van der Waals surface area (Å²) >= 11 is 0. The van der Waals surface area contributed by atoms with E-state index in [1.165, 1.54) is 4.31 Å². The smallest absolute Gasteiger partial charge is 0.341 e. The number of carbonyl (C=O) groups is 2. The molecule has 1 aliphatic heterocycles. The van der Waals surface area contributed by atoms with Gasteiger partial charge < -0.3 is 15.0 Å². The van der Waals surface area contributed by atoms with E-state index in [0.29, 0.717) is 35.5 Å². The SMILES string of the molecule is CCOC(=O)c1c(C)[nH]c(C)c1S(=O)(=O)N1CCC[C@H](C(=O)Nc2cccc(C#N)c2)C1. The molecule has 1 aromatic carbocycles. The number of ether oxygens (including phenoxy) is 1. The van der Waals surface area contributed by atoms with Gasteiger partial charge in [-0.15, -0.1) is 0 Å². The predicted octanol–water partition coefficient (Wildman–Crippen LogP) is 2.72. The second kappa shape index (κ2) is 9.54. The van der Waals surface area contributed by atoms with Crippen LogP contribution in [0.3, 0.4) is 0 Å². The number of aromatic nitrogens is 1. The van der Waals surface area contributed by atoms with E-state index >= 15 is 0 Å². The Morgan fingerprint density at radius 2 is 2.06 bits per heavy atom. The van der Waals surface area contributed by atoms with Crippen molar-refractivity contribution in [1.29, 1.82) is 5.26 Å². The molecule has 10 heteroatoms. The van der Waals surface area contributed by atoms with Crippen molar-refractivity contribution in [2.45, 2.75) is 38.5 Å². The van der Waals surface area contributed by atoms with Gasteiger partial charge in [0.05, 0.1) is 24.2 Å². The number of aromatic amines is 1. The third-order valence-corrected chi connectivity index (χ3v) is 7.45.